The van der Waals surface area contributed by atoms with Crippen LogP contribution in [0.5, 0.6) is 0 Å². The number of nitrogens with zero attached hydrogens (tertiary/aromatic N) is 2. The summed E-state index contributed by atoms with van der Waals surface area (Å²) in [4.78, 5) is 27.1. The van der Waals surface area contributed by atoms with Gasteiger partial charge in [-0.15, -0.1) is 6.58 Å². The zero-order valence-corrected chi connectivity index (χ0v) is 11.6. The molecule has 18 heavy (non-hydrogen) atoms. The summed E-state index contributed by atoms with van der Waals surface area (Å²) in [6, 6.07) is -0.478. The number of hydrogen-bond donors (Lipinski definition) is 0. The van der Waals surface area contributed by atoms with E-state index < -0.39 is 17.7 Å². The van der Waals surface area contributed by atoms with Crippen LogP contribution in [0.15, 0.2) is 12.7 Å². The van der Waals surface area contributed by atoms with Gasteiger partial charge in [-0.3, -0.25) is 9.69 Å². The molecule has 0 aromatic carbocycles. The quantitative estimate of drug-likeness (QED) is 0.704. The van der Waals surface area contributed by atoms with Crippen LogP contribution in [-0.4, -0.2) is 53.1 Å². The minimum Gasteiger partial charge on any atom is -0.444 e. The lowest BCUT2D eigenvalue weighted by atomic mass is 10.1. The SMILES string of the molecule is C=CCN1CCN(C(=O)OC(C)(C)C)C(C)C1=O. The summed E-state index contributed by atoms with van der Waals surface area (Å²) in [6.07, 6.45) is 1.26. The van der Waals surface area contributed by atoms with E-state index in [1.54, 1.807) is 17.9 Å². The van der Waals surface area contributed by atoms with Crippen molar-refractivity contribution in [1.29, 1.82) is 0 Å². The van der Waals surface area contributed by atoms with E-state index in [4.69, 9.17) is 4.74 Å². The Morgan fingerprint density at radius 3 is 2.61 bits per heavy atom. The van der Waals surface area contributed by atoms with E-state index in [9.17, 15) is 9.59 Å². The molecule has 0 aromatic rings. The van der Waals surface area contributed by atoms with Crippen molar-refractivity contribution >= 4 is 12.0 Å². The van der Waals surface area contributed by atoms with Gasteiger partial charge in [0.1, 0.15) is 11.6 Å². The summed E-state index contributed by atoms with van der Waals surface area (Å²) in [5.74, 6) is -0.0630. The molecular formula is C13H22N2O3. The van der Waals surface area contributed by atoms with Gasteiger partial charge < -0.3 is 9.64 Å². The molecule has 2 amide bonds. The maximum absolute atomic E-state index is 12.0. The van der Waals surface area contributed by atoms with Gasteiger partial charge in [-0.25, -0.2) is 4.79 Å². The Balaban J connectivity index is 2.68. The van der Waals surface area contributed by atoms with Crippen LogP contribution in [0.25, 0.3) is 0 Å². The fourth-order valence-corrected chi connectivity index (χ4v) is 1.84. The highest BCUT2D eigenvalue weighted by Gasteiger charge is 2.35. The van der Waals surface area contributed by atoms with Crippen molar-refractivity contribution in [3.63, 3.8) is 0 Å². The van der Waals surface area contributed by atoms with Gasteiger partial charge in [0, 0.05) is 19.6 Å². The highest BCUT2D eigenvalue weighted by atomic mass is 16.6. The number of amides is 2. The van der Waals surface area contributed by atoms with Gasteiger partial charge in [0.05, 0.1) is 0 Å². The van der Waals surface area contributed by atoms with Crippen molar-refractivity contribution < 1.29 is 14.3 Å². The molecule has 0 spiro atoms. The predicted molar refractivity (Wildman–Crippen MR) is 69.2 cm³/mol. The van der Waals surface area contributed by atoms with Crippen LogP contribution in [0.2, 0.25) is 0 Å². The molecule has 0 aromatic heterocycles. The van der Waals surface area contributed by atoms with E-state index >= 15 is 0 Å². The summed E-state index contributed by atoms with van der Waals surface area (Å²) >= 11 is 0. The maximum Gasteiger partial charge on any atom is 0.411 e. The zero-order valence-electron chi connectivity index (χ0n) is 11.6. The molecule has 0 aliphatic carbocycles. The molecule has 1 aliphatic rings. The average Bonchev–Trinajstić information content (AvgIpc) is 2.22. The number of carbonyl (C=O) groups is 2. The molecular weight excluding hydrogens is 232 g/mol. The first-order chi connectivity index (χ1) is 8.26. The summed E-state index contributed by atoms with van der Waals surface area (Å²) in [6.45, 7) is 12.3. The second-order valence-corrected chi connectivity index (χ2v) is 5.42. The van der Waals surface area contributed by atoms with Crippen molar-refractivity contribution in [3.05, 3.63) is 12.7 Å². The third kappa shape index (κ3) is 3.48. The van der Waals surface area contributed by atoms with E-state index in [1.165, 1.54) is 4.90 Å². The van der Waals surface area contributed by atoms with E-state index in [2.05, 4.69) is 6.58 Å². The molecule has 0 bridgehead atoms. The fraction of sp³-hybridized carbons (Fsp3) is 0.692. The monoisotopic (exact) mass is 254 g/mol. The fourth-order valence-electron chi connectivity index (χ4n) is 1.84. The van der Waals surface area contributed by atoms with E-state index in [0.29, 0.717) is 19.6 Å². The first-order valence-electron chi connectivity index (χ1n) is 6.15. The van der Waals surface area contributed by atoms with Crippen LogP contribution in [-0.2, 0) is 9.53 Å². The van der Waals surface area contributed by atoms with Crippen LogP contribution in [0.4, 0.5) is 4.79 Å². The van der Waals surface area contributed by atoms with E-state index in [1.807, 2.05) is 20.8 Å². The van der Waals surface area contributed by atoms with Gasteiger partial charge in [0.25, 0.3) is 0 Å². The van der Waals surface area contributed by atoms with Crippen LogP contribution in [0.1, 0.15) is 27.7 Å². The molecule has 1 saturated heterocycles. The largest absolute Gasteiger partial charge is 0.444 e. The molecule has 0 radical (unpaired) electrons. The molecule has 0 saturated carbocycles. The van der Waals surface area contributed by atoms with Crippen molar-refractivity contribution in [2.45, 2.75) is 39.3 Å². The highest BCUT2D eigenvalue weighted by Crippen LogP contribution is 2.16. The maximum atomic E-state index is 12.0. The topological polar surface area (TPSA) is 49.9 Å². The summed E-state index contributed by atoms with van der Waals surface area (Å²) in [5.41, 5.74) is -0.544. The molecule has 5 nitrogen and oxygen atoms in total. The normalized spacial score (nSPS) is 20.9. The average molecular weight is 254 g/mol. The lowest BCUT2D eigenvalue weighted by Crippen LogP contribution is -2.58. The minimum absolute atomic E-state index is 0.0630. The Morgan fingerprint density at radius 2 is 2.11 bits per heavy atom. The Morgan fingerprint density at radius 1 is 1.50 bits per heavy atom. The molecule has 1 unspecified atom stereocenters. The molecule has 1 fully saturated rings. The Hall–Kier alpha value is -1.52. The van der Waals surface area contributed by atoms with Crippen molar-refractivity contribution in [2.75, 3.05) is 19.6 Å². The lowest BCUT2D eigenvalue weighted by molar-refractivity contribution is -0.140. The van der Waals surface area contributed by atoms with Crippen LogP contribution in [0, 0.1) is 0 Å². The zero-order chi connectivity index (χ0) is 13.9. The smallest absolute Gasteiger partial charge is 0.411 e. The highest BCUT2D eigenvalue weighted by molar-refractivity contribution is 5.86. The third-order valence-electron chi connectivity index (χ3n) is 2.72. The Bertz CT molecular complexity index is 347. The second-order valence-electron chi connectivity index (χ2n) is 5.42. The first-order valence-corrected chi connectivity index (χ1v) is 6.15. The molecule has 5 heteroatoms. The second kappa shape index (κ2) is 5.42. The van der Waals surface area contributed by atoms with Crippen molar-refractivity contribution in [1.82, 2.24) is 9.80 Å². The molecule has 1 atom stereocenters. The number of carbonyl (C=O) groups excluding carboxylic acids is 2. The molecule has 102 valence electrons. The number of piperazine rings is 1. The standard InChI is InChI=1S/C13H22N2O3/c1-6-7-14-8-9-15(10(2)11(14)16)12(17)18-13(3,4)5/h6,10H,1,7-9H2,2-5H3. The first kappa shape index (κ1) is 14.5. The number of hydrogen-bond acceptors (Lipinski definition) is 3. The minimum atomic E-state index is -0.544. The van der Waals surface area contributed by atoms with Gasteiger partial charge in [0.2, 0.25) is 5.91 Å². The van der Waals surface area contributed by atoms with Gasteiger partial charge >= 0.3 is 6.09 Å². The van der Waals surface area contributed by atoms with E-state index in [0.717, 1.165) is 0 Å². The molecule has 0 N–H and O–H groups in total. The van der Waals surface area contributed by atoms with Crippen LogP contribution < -0.4 is 0 Å². The number of ether oxygens (including phenoxy) is 1. The van der Waals surface area contributed by atoms with Gasteiger partial charge in [0.15, 0.2) is 0 Å². The van der Waals surface area contributed by atoms with E-state index in [-0.39, 0.29) is 5.91 Å². The van der Waals surface area contributed by atoms with Crippen LogP contribution in [0.3, 0.4) is 0 Å². The van der Waals surface area contributed by atoms with Crippen molar-refractivity contribution in [2.24, 2.45) is 0 Å². The molecule has 1 aliphatic heterocycles. The van der Waals surface area contributed by atoms with Gasteiger partial charge in [-0.2, -0.15) is 0 Å². The molecule has 1 heterocycles. The predicted octanol–water partition coefficient (Wildman–Crippen LogP) is 1.64. The van der Waals surface area contributed by atoms with Gasteiger partial charge in [-0.05, 0) is 27.7 Å². The summed E-state index contributed by atoms with van der Waals surface area (Å²) in [7, 11) is 0. The lowest BCUT2D eigenvalue weighted by Gasteiger charge is -2.39. The summed E-state index contributed by atoms with van der Waals surface area (Å²) in [5, 5.41) is 0. The summed E-state index contributed by atoms with van der Waals surface area (Å²) < 4.78 is 5.29. The van der Waals surface area contributed by atoms with Gasteiger partial charge in [-0.1, -0.05) is 6.08 Å². The Kier molecular flexibility index (Phi) is 4.38. The molecule has 1 rings (SSSR count). The Labute approximate surface area is 108 Å². The third-order valence-corrected chi connectivity index (χ3v) is 2.72. The number of rotatable bonds is 2. The van der Waals surface area contributed by atoms with Crippen molar-refractivity contribution in [3.8, 4) is 0 Å². The van der Waals surface area contributed by atoms with Crippen LogP contribution >= 0.6 is 0 Å².